The molecule has 0 saturated carbocycles. The van der Waals surface area contributed by atoms with Crippen LogP contribution in [0.3, 0.4) is 0 Å². The highest BCUT2D eigenvalue weighted by Crippen LogP contribution is 2.06. The number of benzene rings is 1. The molecule has 64 valence electrons. The first-order valence-electron chi connectivity index (χ1n) is 3.86. The second-order valence-corrected chi connectivity index (χ2v) is 2.70. The highest BCUT2D eigenvalue weighted by molar-refractivity contribution is 6.57. The van der Waals surface area contributed by atoms with E-state index in [0.717, 1.165) is 10.9 Å². The van der Waals surface area contributed by atoms with Crippen molar-refractivity contribution in [1.82, 2.24) is 10.2 Å². The molecule has 0 unspecified atom stereocenters. The van der Waals surface area contributed by atoms with Crippen LogP contribution in [0.4, 0.5) is 0 Å². The van der Waals surface area contributed by atoms with Crippen LogP contribution < -0.4 is 5.59 Å². The Bertz CT molecular complexity index is 433. The molecule has 0 fully saturated rings. The van der Waals surface area contributed by atoms with Crippen LogP contribution >= 0.6 is 0 Å². The zero-order chi connectivity index (χ0) is 9.26. The molecule has 2 N–H and O–H groups in total. The minimum Gasteiger partial charge on any atom is -0.422 e. The van der Waals surface area contributed by atoms with Gasteiger partial charge in [-0.25, -0.2) is 0 Å². The van der Waals surface area contributed by atoms with Crippen molar-refractivity contribution in [2.24, 2.45) is 0 Å². The molecule has 1 aromatic heterocycles. The summed E-state index contributed by atoms with van der Waals surface area (Å²) in [6.07, 6.45) is 0. The second kappa shape index (κ2) is 3.12. The van der Waals surface area contributed by atoms with Crippen molar-refractivity contribution in [3.8, 4) is 0 Å². The SMILES string of the molecule is OB(O)c1cc2ccccc2nn1. The minimum atomic E-state index is -1.56. The lowest BCUT2D eigenvalue weighted by atomic mass is 9.85. The standard InChI is InChI=1S/C8H7BN2O2/c12-9(13)8-5-6-3-1-2-4-7(6)10-11-8/h1-5,12-13H. The van der Waals surface area contributed by atoms with E-state index in [1.807, 2.05) is 24.3 Å². The van der Waals surface area contributed by atoms with Gasteiger partial charge in [0.05, 0.1) is 11.1 Å². The highest BCUT2D eigenvalue weighted by atomic mass is 16.4. The van der Waals surface area contributed by atoms with E-state index in [-0.39, 0.29) is 5.59 Å². The molecular weight excluding hydrogens is 167 g/mol. The van der Waals surface area contributed by atoms with Gasteiger partial charge >= 0.3 is 7.12 Å². The molecule has 1 heterocycles. The average Bonchev–Trinajstić information content (AvgIpc) is 2.17. The fraction of sp³-hybridized carbons (Fsp3) is 0. The maximum atomic E-state index is 8.84. The molecule has 0 aliphatic heterocycles. The summed E-state index contributed by atoms with van der Waals surface area (Å²) in [4.78, 5) is 0. The molecule has 0 radical (unpaired) electrons. The second-order valence-electron chi connectivity index (χ2n) is 2.70. The van der Waals surface area contributed by atoms with E-state index in [4.69, 9.17) is 10.0 Å². The topological polar surface area (TPSA) is 66.2 Å². The summed E-state index contributed by atoms with van der Waals surface area (Å²) < 4.78 is 0. The van der Waals surface area contributed by atoms with Crippen LogP contribution in [0.15, 0.2) is 30.3 Å². The maximum absolute atomic E-state index is 8.84. The van der Waals surface area contributed by atoms with E-state index in [1.165, 1.54) is 0 Å². The van der Waals surface area contributed by atoms with Crippen molar-refractivity contribution in [2.75, 3.05) is 0 Å². The quantitative estimate of drug-likeness (QED) is 0.561. The summed E-state index contributed by atoms with van der Waals surface area (Å²) in [6.45, 7) is 0. The molecule has 0 amide bonds. The van der Waals surface area contributed by atoms with E-state index in [2.05, 4.69) is 10.2 Å². The van der Waals surface area contributed by atoms with Crippen molar-refractivity contribution in [1.29, 1.82) is 0 Å². The van der Waals surface area contributed by atoms with E-state index >= 15 is 0 Å². The number of hydrogen-bond donors (Lipinski definition) is 2. The Hall–Kier alpha value is -1.46. The largest absolute Gasteiger partial charge is 0.510 e. The van der Waals surface area contributed by atoms with Gasteiger partial charge in [-0.1, -0.05) is 18.2 Å². The average molecular weight is 174 g/mol. The fourth-order valence-corrected chi connectivity index (χ4v) is 1.13. The summed E-state index contributed by atoms with van der Waals surface area (Å²) in [5, 5.41) is 26.0. The fourth-order valence-electron chi connectivity index (χ4n) is 1.13. The van der Waals surface area contributed by atoms with Crippen LogP contribution in [0, 0.1) is 0 Å². The molecule has 1 aromatic carbocycles. The molecule has 2 rings (SSSR count). The van der Waals surface area contributed by atoms with Gasteiger partial charge in [-0.05, 0) is 12.1 Å². The Morgan fingerprint density at radius 1 is 1.08 bits per heavy atom. The van der Waals surface area contributed by atoms with Gasteiger partial charge < -0.3 is 10.0 Å². The van der Waals surface area contributed by atoms with Gasteiger partial charge in [-0.15, -0.1) is 0 Å². The third-order valence-corrected chi connectivity index (χ3v) is 1.78. The van der Waals surface area contributed by atoms with Crippen molar-refractivity contribution in [3.05, 3.63) is 30.3 Å². The van der Waals surface area contributed by atoms with Crippen LogP contribution in [0.5, 0.6) is 0 Å². The zero-order valence-corrected chi connectivity index (χ0v) is 6.75. The minimum absolute atomic E-state index is 0.165. The number of rotatable bonds is 1. The van der Waals surface area contributed by atoms with Crippen LogP contribution in [0.2, 0.25) is 0 Å². The Balaban J connectivity index is 2.62. The summed E-state index contributed by atoms with van der Waals surface area (Å²) in [5.41, 5.74) is 0.908. The third kappa shape index (κ3) is 1.51. The normalized spacial score (nSPS) is 10.3. The van der Waals surface area contributed by atoms with E-state index in [0.29, 0.717) is 0 Å². The first-order chi connectivity index (χ1) is 6.27. The first-order valence-corrected chi connectivity index (χ1v) is 3.86. The number of nitrogens with zero attached hydrogens (tertiary/aromatic N) is 2. The van der Waals surface area contributed by atoms with Gasteiger partial charge in [0.1, 0.15) is 0 Å². The predicted molar refractivity (Wildman–Crippen MR) is 49.4 cm³/mol. The highest BCUT2D eigenvalue weighted by Gasteiger charge is 2.13. The lowest BCUT2D eigenvalue weighted by Gasteiger charge is -1.98. The number of hydrogen-bond acceptors (Lipinski definition) is 4. The van der Waals surface area contributed by atoms with Gasteiger partial charge in [0.15, 0.2) is 0 Å². The van der Waals surface area contributed by atoms with Crippen molar-refractivity contribution in [3.63, 3.8) is 0 Å². The van der Waals surface area contributed by atoms with E-state index < -0.39 is 7.12 Å². The molecule has 0 aliphatic rings. The first kappa shape index (κ1) is 8.16. The lowest BCUT2D eigenvalue weighted by Crippen LogP contribution is -2.33. The molecule has 0 spiro atoms. The van der Waals surface area contributed by atoms with Crippen molar-refractivity contribution < 1.29 is 10.0 Å². The number of fused-ring (bicyclic) bond motifs is 1. The molecule has 0 saturated heterocycles. The summed E-state index contributed by atoms with van der Waals surface area (Å²) in [5.74, 6) is 0. The van der Waals surface area contributed by atoms with Crippen LogP contribution in [0.25, 0.3) is 10.9 Å². The lowest BCUT2D eigenvalue weighted by molar-refractivity contribution is 0.424. The van der Waals surface area contributed by atoms with Gasteiger partial charge in [0.2, 0.25) is 0 Å². The molecular formula is C8H7BN2O2. The van der Waals surface area contributed by atoms with Crippen molar-refractivity contribution in [2.45, 2.75) is 0 Å². The molecule has 5 heteroatoms. The zero-order valence-electron chi connectivity index (χ0n) is 6.75. The third-order valence-electron chi connectivity index (χ3n) is 1.78. The Morgan fingerprint density at radius 2 is 1.85 bits per heavy atom. The summed E-state index contributed by atoms with van der Waals surface area (Å²) >= 11 is 0. The van der Waals surface area contributed by atoms with Gasteiger partial charge in [-0.2, -0.15) is 10.2 Å². The molecule has 0 bridgehead atoms. The molecule has 4 nitrogen and oxygen atoms in total. The summed E-state index contributed by atoms with van der Waals surface area (Å²) in [6, 6.07) is 8.97. The van der Waals surface area contributed by atoms with Crippen LogP contribution in [0.1, 0.15) is 0 Å². The summed E-state index contributed by atoms with van der Waals surface area (Å²) in [7, 11) is -1.56. The van der Waals surface area contributed by atoms with Gasteiger partial charge in [-0.3, -0.25) is 0 Å². The monoisotopic (exact) mass is 174 g/mol. The smallest absolute Gasteiger partial charge is 0.422 e. The van der Waals surface area contributed by atoms with Crippen LogP contribution in [-0.4, -0.2) is 27.4 Å². The molecule has 0 aliphatic carbocycles. The molecule has 13 heavy (non-hydrogen) atoms. The Kier molecular flexibility index (Phi) is 1.96. The van der Waals surface area contributed by atoms with Crippen LogP contribution in [-0.2, 0) is 0 Å². The Labute approximate surface area is 75.0 Å². The number of aromatic nitrogens is 2. The molecule has 0 atom stereocenters. The Morgan fingerprint density at radius 3 is 2.62 bits per heavy atom. The molecule has 2 aromatic rings. The maximum Gasteiger partial charge on any atom is 0.510 e. The van der Waals surface area contributed by atoms with E-state index in [1.54, 1.807) is 6.07 Å². The van der Waals surface area contributed by atoms with Crippen molar-refractivity contribution >= 4 is 23.6 Å². The predicted octanol–water partition coefficient (Wildman–Crippen LogP) is -0.690. The van der Waals surface area contributed by atoms with E-state index in [9.17, 15) is 0 Å². The van der Waals surface area contributed by atoms with Gasteiger partial charge in [0.25, 0.3) is 0 Å². The van der Waals surface area contributed by atoms with Gasteiger partial charge in [0, 0.05) is 5.39 Å².